The average molecular weight is 340 g/mol. The number of alkyl carbamates (subject to hydrolysis) is 1. The maximum Gasteiger partial charge on any atom is 0.408 e. The molecular formula is C14H18BrN3O2. The fourth-order valence-corrected chi connectivity index (χ4v) is 2.10. The first-order chi connectivity index (χ1) is 9.24. The molecule has 0 aliphatic heterocycles. The number of halogens is 1. The minimum atomic E-state index is -0.506. The maximum absolute atomic E-state index is 11.7. The summed E-state index contributed by atoms with van der Waals surface area (Å²) in [6.07, 6.45) is 3.37. The highest BCUT2D eigenvalue weighted by atomic mass is 79.9. The van der Waals surface area contributed by atoms with Crippen LogP contribution in [0.2, 0.25) is 0 Å². The first-order valence-corrected chi connectivity index (χ1v) is 7.17. The van der Waals surface area contributed by atoms with Crippen LogP contribution in [0.5, 0.6) is 0 Å². The van der Waals surface area contributed by atoms with Gasteiger partial charge in [-0.2, -0.15) is 0 Å². The molecule has 1 N–H and O–H groups in total. The molecule has 2 rings (SSSR count). The fourth-order valence-electron chi connectivity index (χ4n) is 1.75. The van der Waals surface area contributed by atoms with Gasteiger partial charge >= 0.3 is 6.09 Å². The Morgan fingerprint density at radius 2 is 2.10 bits per heavy atom. The highest BCUT2D eigenvalue weighted by Crippen LogP contribution is 2.17. The largest absolute Gasteiger partial charge is 0.444 e. The number of ether oxygens (including phenoxy) is 1. The molecule has 20 heavy (non-hydrogen) atoms. The number of pyridine rings is 1. The number of amides is 1. The minimum Gasteiger partial charge on any atom is -0.444 e. The highest BCUT2D eigenvalue weighted by Gasteiger charge is 2.19. The molecule has 0 aromatic carbocycles. The van der Waals surface area contributed by atoms with Gasteiger partial charge in [-0.15, -0.1) is 0 Å². The van der Waals surface area contributed by atoms with Crippen LogP contribution < -0.4 is 5.32 Å². The molecule has 0 bridgehead atoms. The molecule has 0 fully saturated rings. The molecule has 0 saturated carbocycles. The van der Waals surface area contributed by atoms with Crippen molar-refractivity contribution in [3.05, 3.63) is 34.7 Å². The molecule has 2 aromatic heterocycles. The Kier molecular flexibility index (Phi) is 4.04. The molecule has 1 atom stereocenters. The Morgan fingerprint density at radius 1 is 1.40 bits per heavy atom. The predicted octanol–water partition coefficient (Wildman–Crippen LogP) is 3.68. The fraction of sp³-hybridized carbons (Fsp3) is 0.429. The van der Waals surface area contributed by atoms with Gasteiger partial charge in [0.15, 0.2) is 0 Å². The monoisotopic (exact) mass is 339 g/mol. The van der Waals surface area contributed by atoms with Gasteiger partial charge in [-0.1, -0.05) is 0 Å². The zero-order valence-electron chi connectivity index (χ0n) is 12.0. The van der Waals surface area contributed by atoms with E-state index in [-0.39, 0.29) is 6.04 Å². The first kappa shape index (κ1) is 14.8. The smallest absolute Gasteiger partial charge is 0.408 e. The molecule has 6 heteroatoms. The van der Waals surface area contributed by atoms with Gasteiger partial charge < -0.3 is 14.5 Å². The van der Waals surface area contributed by atoms with Gasteiger partial charge in [-0.25, -0.2) is 9.78 Å². The molecule has 108 valence electrons. The van der Waals surface area contributed by atoms with Crippen LogP contribution in [-0.4, -0.2) is 21.1 Å². The number of hydrogen-bond acceptors (Lipinski definition) is 3. The van der Waals surface area contributed by atoms with Gasteiger partial charge in [0.25, 0.3) is 0 Å². The molecule has 0 aliphatic carbocycles. The standard InChI is InChI=1S/C14H18BrN3O2/c1-9(16-13(19)20-14(2,3)4)11-8-18-7-10(15)5-6-12(18)17-11/h5-9H,1-4H3,(H,16,19)/t9-/m1/s1. The number of aromatic nitrogens is 2. The summed E-state index contributed by atoms with van der Waals surface area (Å²) < 4.78 is 8.11. The second-order valence-electron chi connectivity index (χ2n) is 5.65. The molecule has 0 unspecified atom stereocenters. The lowest BCUT2D eigenvalue weighted by Crippen LogP contribution is -2.34. The summed E-state index contributed by atoms with van der Waals surface area (Å²) in [5.41, 5.74) is 1.11. The van der Waals surface area contributed by atoms with Crippen LogP contribution in [0.15, 0.2) is 29.0 Å². The lowest BCUT2D eigenvalue weighted by Gasteiger charge is -2.21. The molecule has 0 aliphatic rings. The minimum absolute atomic E-state index is 0.219. The highest BCUT2D eigenvalue weighted by molar-refractivity contribution is 9.10. The molecule has 5 nitrogen and oxygen atoms in total. The molecule has 0 radical (unpaired) electrons. The SMILES string of the molecule is C[C@@H](NC(=O)OC(C)(C)C)c1cn2cc(Br)ccc2n1. The summed E-state index contributed by atoms with van der Waals surface area (Å²) in [5, 5.41) is 2.78. The van der Waals surface area contributed by atoms with Crippen LogP contribution in [0.4, 0.5) is 4.79 Å². The van der Waals surface area contributed by atoms with Gasteiger partial charge in [0.1, 0.15) is 11.2 Å². The summed E-state index contributed by atoms with van der Waals surface area (Å²) in [6, 6.07) is 3.62. The lowest BCUT2D eigenvalue weighted by molar-refractivity contribution is 0.0507. The van der Waals surface area contributed by atoms with Gasteiger partial charge in [0.2, 0.25) is 0 Å². The van der Waals surface area contributed by atoms with Crippen LogP contribution in [0.3, 0.4) is 0 Å². The van der Waals surface area contributed by atoms with Crippen molar-refractivity contribution < 1.29 is 9.53 Å². The van der Waals surface area contributed by atoms with Gasteiger partial charge in [0.05, 0.1) is 11.7 Å². The third-order valence-electron chi connectivity index (χ3n) is 2.61. The zero-order valence-corrected chi connectivity index (χ0v) is 13.6. The Morgan fingerprint density at radius 3 is 2.75 bits per heavy atom. The van der Waals surface area contributed by atoms with E-state index >= 15 is 0 Å². The summed E-state index contributed by atoms with van der Waals surface area (Å²) in [5.74, 6) is 0. The van der Waals surface area contributed by atoms with Crippen LogP contribution in [0, 0.1) is 0 Å². The van der Waals surface area contributed by atoms with Crippen molar-refractivity contribution in [2.24, 2.45) is 0 Å². The Bertz CT molecular complexity index is 631. The molecule has 2 aromatic rings. The number of carbonyl (C=O) groups excluding carboxylic acids is 1. The molecular weight excluding hydrogens is 322 g/mol. The first-order valence-electron chi connectivity index (χ1n) is 6.38. The number of imidazole rings is 1. The van der Waals surface area contributed by atoms with E-state index < -0.39 is 11.7 Å². The van der Waals surface area contributed by atoms with E-state index in [4.69, 9.17) is 4.74 Å². The van der Waals surface area contributed by atoms with Crippen molar-refractivity contribution in [2.75, 3.05) is 0 Å². The predicted molar refractivity (Wildman–Crippen MR) is 80.7 cm³/mol. The zero-order chi connectivity index (χ0) is 14.9. The van der Waals surface area contributed by atoms with Gasteiger partial charge in [-0.3, -0.25) is 0 Å². The van der Waals surface area contributed by atoms with E-state index in [2.05, 4.69) is 26.2 Å². The van der Waals surface area contributed by atoms with Crippen LogP contribution in [-0.2, 0) is 4.74 Å². The quantitative estimate of drug-likeness (QED) is 0.907. The van der Waals surface area contributed by atoms with Crippen molar-refractivity contribution in [1.82, 2.24) is 14.7 Å². The summed E-state index contributed by atoms with van der Waals surface area (Å²) >= 11 is 3.41. The number of rotatable bonds is 2. The molecule has 0 spiro atoms. The Hall–Kier alpha value is -1.56. The van der Waals surface area contributed by atoms with E-state index in [1.54, 1.807) is 0 Å². The number of nitrogens with one attached hydrogen (secondary N) is 1. The average Bonchev–Trinajstić information content (AvgIpc) is 2.68. The van der Waals surface area contributed by atoms with Crippen molar-refractivity contribution >= 4 is 27.7 Å². The van der Waals surface area contributed by atoms with Crippen molar-refractivity contribution in [1.29, 1.82) is 0 Å². The second-order valence-corrected chi connectivity index (χ2v) is 6.56. The van der Waals surface area contributed by atoms with E-state index in [0.717, 1.165) is 15.8 Å². The Balaban J connectivity index is 2.11. The summed E-state index contributed by atoms with van der Waals surface area (Å²) in [4.78, 5) is 16.2. The van der Waals surface area contributed by atoms with Crippen molar-refractivity contribution in [3.8, 4) is 0 Å². The summed E-state index contributed by atoms with van der Waals surface area (Å²) in [7, 11) is 0. The van der Waals surface area contributed by atoms with Crippen LogP contribution in [0.1, 0.15) is 39.4 Å². The molecule has 0 saturated heterocycles. The topological polar surface area (TPSA) is 55.6 Å². The molecule has 1 amide bonds. The number of nitrogens with zero attached hydrogens (tertiary/aromatic N) is 2. The third-order valence-corrected chi connectivity index (χ3v) is 3.08. The van der Waals surface area contributed by atoms with Crippen molar-refractivity contribution in [2.45, 2.75) is 39.3 Å². The van der Waals surface area contributed by atoms with Gasteiger partial charge in [-0.05, 0) is 55.8 Å². The van der Waals surface area contributed by atoms with Gasteiger partial charge in [0, 0.05) is 16.9 Å². The lowest BCUT2D eigenvalue weighted by atomic mass is 10.2. The third kappa shape index (κ3) is 3.72. The van der Waals surface area contributed by atoms with Crippen LogP contribution in [0.25, 0.3) is 5.65 Å². The summed E-state index contributed by atoms with van der Waals surface area (Å²) in [6.45, 7) is 7.37. The van der Waals surface area contributed by atoms with E-state index in [0.29, 0.717) is 0 Å². The number of carbonyl (C=O) groups is 1. The maximum atomic E-state index is 11.7. The second kappa shape index (κ2) is 5.44. The normalized spacial score (nSPS) is 13.2. The number of fused-ring (bicyclic) bond motifs is 1. The van der Waals surface area contributed by atoms with Crippen molar-refractivity contribution in [3.63, 3.8) is 0 Å². The van der Waals surface area contributed by atoms with E-state index in [1.165, 1.54) is 0 Å². The van der Waals surface area contributed by atoms with E-state index in [9.17, 15) is 4.79 Å². The number of hydrogen-bond donors (Lipinski definition) is 1. The molecule has 2 heterocycles. The Labute approximate surface area is 126 Å². The van der Waals surface area contributed by atoms with Crippen LogP contribution >= 0.6 is 15.9 Å². The van der Waals surface area contributed by atoms with E-state index in [1.807, 2.05) is 56.6 Å².